The Hall–Kier alpha value is -0.870. The Morgan fingerprint density at radius 1 is 1.26 bits per heavy atom. The first-order valence-electron chi connectivity index (χ1n) is 7.48. The second kappa shape index (κ2) is 10.1. The topological polar surface area (TPSA) is 109 Å². The van der Waals surface area contributed by atoms with Crippen molar-refractivity contribution in [3.8, 4) is 0 Å². The van der Waals surface area contributed by atoms with Crippen LogP contribution < -0.4 is 10.5 Å². The molecule has 0 aromatic heterocycles. The smallest absolute Gasteiger partial charge is 0.320 e. The number of sulfonamides is 1. The molecule has 0 spiro atoms. The molecule has 1 aromatic carbocycles. The molecule has 23 heavy (non-hydrogen) atoms. The Kier molecular flexibility index (Phi) is 8.85. The monoisotopic (exact) mass is 454 g/mol. The predicted octanol–water partition coefficient (Wildman–Crippen LogP) is 2.38. The van der Waals surface area contributed by atoms with Crippen LogP contribution in [0.1, 0.15) is 31.2 Å². The van der Waals surface area contributed by atoms with E-state index in [-0.39, 0.29) is 12.2 Å². The van der Waals surface area contributed by atoms with Crippen molar-refractivity contribution in [2.45, 2.75) is 38.1 Å². The molecule has 0 saturated carbocycles. The van der Waals surface area contributed by atoms with Crippen LogP contribution in [0.25, 0.3) is 0 Å². The van der Waals surface area contributed by atoms with E-state index in [0.717, 1.165) is 23.7 Å². The molecule has 1 rings (SSSR count). The number of alkyl halides is 1. The van der Waals surface area contributed by atoms with Crippen LogP contribution in [0.5, 0.6) is 0 Å². The summed E-state index contributed by atoms with van der Waals surface area (Å²) >= 11 is 2.31. The van der Waals surface area contributed by atoms with Gasteiger partial charge in [0.05, 0.1) is 5.75 Å². The number of hydrogen-bond donors (Lipinski definition) is 3. The number of aliphatic carboxylic acids is 1. The van der Waals surface area contributed by atoms with Gasteiger partial charge in [-0.2, -0.15) is 0 Å². The van der Waals surface area contributed by atoms with Crippen LogP contribution in [0.3, 0.4) is 0 Å². The first kappa shape index (κ1) is 20.2. The summed E-state index contributed by atoms with van der Waals surface area (Å²) in [6.45, 7) is 0. The number of nitrogens with two attached hydrogens (primary N) is 1. The number of benzene rings is 1. The second-order valence-corrected chi connectivity index (χ2v) is 8.29. The molecular formula is C15H23IN2O4S. The average molecular weight is 454 g/mol. The summed E-state index contributed by atoms with van der Waals surface area (Å²) in [4.78, 5) is 10.8. The lowest BCUT2D eigenvalue weighted by atomic mass is 10.1. The van der Waals surface area contributed by atoms with Gasteiger partial charge in [-0.3, -0.25) is 9.52 Å². The number of rotatable bonds is 11. The third kappa shape index (κ3) is 8.52. The quantitative estimate of drug-likeness (QED) is 0.270. The number of carbonyl (C=O) groups is 1. The molecule has 0 radical (unpaired) electrons. The lowest BCUT2D eigenvalue weighted by Gasteiger charge is -2.11. The first-order valence-corrected chi connectivity index (χ1v) is 10.7. The second-order valence-electron chi connectivity index (χ2n) is 5.37. The minimum Gasteiger partial charge on any atom is -0.480 e. The maximum Gasteiger partial charge on any atom is 0.320 e. The fourth-order valence-electron chi connectivity index (χ4n) is 2.07. The molecular weight excluding hydrogens is 431 g/mol. The molecule has 1 aromatic rings. The zero-order chi connectivity index (χ0) is 17.3. The molecule has 0 aliphatic carbocycles. The number of halogens is 1. The van der Waals surface area contributed by atoms with Gasteiger partial charge in [-0.25, -0.2) is 8.42 Å². The van der Waals surface area contributed by atoms with Crippen molar-refractivity contribution in [1.29, 1.82) is 0 Å². The van der Waals surface area contributed by atoms with E-state index in [0.29, 0.717) is 17.7 Å². The van der Waals surface area contributed by atoms with Gasteiger partial charge in [0.25, 0.3) is 0 Å². The standard InChI is InChI=1S/C15H23IN2O4S/c16-8-3-1-2-4-9-23(21,22)18-13-7-5-6-12(10-13)11-14(17)15(19)20/h5-7,10,14,18H,1-4,8-9,11,17H2,(H,19,20). The van der Waals surface area contributed by atoms with Gasteiger partial charge < -0.3 is 10.8 Å². The number of carboxylic acids is 1. The molecule has 0 heterocycles. The van der Waals surface area contributed by atoms with Gasteiger partial charge in [-0.1, -0.05) is 47.6 Å². The van der Waals surface area contributed by atoms with Crippen LogP contribution >= 0.6 is 22.6 Å². The molecule has 6 nitrogen and oxygen atoms in total. The molecule has 1 atom stereocenters. The number of carboxylic acid groups (broad SMARTS) is 1. The average Bonchev–Trinajstić information content (AvgIpc) is 2.46. The van der Waals surface area contributed by atoms with Crippen molar-refractivity contribution in [1.82, 2.24) is 0 Å². The van der Waals surface area contributed by atoms with E-state index in [9.17, 15) is 13.2 Å². The Bertz CT molecular complexity index is 607. The van der Waals surface area contributed by atoms with Crippen molar-refractivity contribution in [2.75, 3.05) is 14.9 Å². The van der Waals surface area contributed by atoms with Crippen LogP contribution in [0, 0.1) is 0 Å². The molecule has 0 saturated heterocycles. The molecule has 8 heteroatoms. The highest BCUT2D eigenvalue weighted by molar-refractivity contribution is 14.1. The van der Waals surface area contributed by atoms with Crippen LogP contribution in [0.2, 0.25) is 0 Å². The van der Waals surface area contributed by atoms with Gasteiger partial charge in [0, 0.05) is 5.69 Å². The maximum atomic E-state index is 12.0. The van der Waals surface area contributed by atoms with Crippen molar-refractivity contribution >= 4 is 44.3 Å². The van der Waals surface area contributed by atoms with Gasteiger partial charge in [0.1, 0.15) is 6.04 Å². The normalized spacial score (nSPS) is 12.8. The number of anilines is 1. The maximum absolute atomic E-state index is 12.0. The third-order valence-electron chi connectivity index (χ3n) is 3.27. The molecule has 0 aliphatic heterocycles. The van der Waals surface area contributed by atoms with E-state index >= 15 is 0 Å². The van der Waals surface area contributed by atoms with Gasteiger partial charge in [-0.05, 0) is 41.4 Å². The van der Waals surface area contributed by atoms with Gasteiger partial charge in [0.2, 0.25) is 10.0 Å². The fraction of sp³-hybridized carbons (Fsp3) is 0.533. The number of unbranched alkanes of at least 4 members (excludes halogenated alkanes) is 3. The van der Waals surface area contributed by atoms with Crippen molar-refractivity contribution in [3.05, 3.63) is 29.8 Å². The van der Waals surface area contributed by atoms with Gasteiger partial charge in [0.15, 0.2) is 0 Å². The highest BCUT2D eigenvalue weighted by Gasteiger charge is 2.14. The summed E-state index contributed by atoms with van der Waals surface area (Å²) in [6.07, 6.45) is 3.84. The van der Waals surface area contributed by atoms with Crippen molar-refractivity contribution in [3.63, 3.8) is 0 Å². The van der Waals surface area contributed by atoms with Gasteiger partial charge >= 0.3 is 5.97 Å². The predicted molar refractivity (Wildman–Crippen MR) is 101 cm³/mol. The summed E-state index contributed by atoms with van der Waals surface area (Å²) in [7, 11) is -3.38. The van der Waals surface area contributed by atoms with Crippen LogP contribution in [-0.2, 0) is 21.2 Å². The van der Waals surface area contributed by atoms with Crippen molar-refractivity contribution < 1.29 is 18.3 Å². The van der Waals surface area contributed by atoms with Crippen LogP contribution in [0.15, 0.2) is 24.3 Å². The van der Waals surface area contributed by atoms with Crippen molar-refractivity contribution in [2.24, 2.45) is 5.73 Å². The molecule has 130 valence electrons. The summed E-state index contributed by atoms with van der Waals surface area (Å²) in [5, 5.41) is 8.82. The molecule has 1 unspecified atom stereocenters. The van der Waals surface area contributed by atoms with Crippen LogP contribution in [-0.4, -0.2) is 35.7 Å². The minimum absolute atomic E-state index is 0.0904. The zero-order valence-corrected chi connectivity index (χ0v) is 15.8. The molecule has 4 N–H and O–H groups in total. The summed E-state index contributed by atoms with van der Waals surface area (Å²) in [6, 6.07) is 5.67. The Labute approximate surface area is 151 Å². The summed E-state index contributed by atoms with van der Waals surface area (Å²) < 4.78 is 27.7. The Morgan fingerprint density at radius 2 is 1.96 bits per heavy atom. The van der Waals surface area contributed by atoms with E-state index in [2.05, 4.69) is 27.3 Å². The highest BCUT2D eigenvalue weighted by atomic mass is 127. The van der Waals surface area contributed by atoms with E-state index in [1.54, 1.807) is 24.3 Å². The fourth-order valence-corrected chi connectivity index (χ4v) is 3.79. The van der Waals surface area contributed by atoms with E-state index in [1.165, 1.54) is 0 Å². The number of nitrogens with one attached hydrogen (secondary N) is 1. The largest absolute Gasteiger partial charge is 0.480 e. The zero-order valence-electron chi connectivity index (χ0n) is 12.9. The highest BCUT2D eigenvalue weighted by Crippen LogP contribution is 2.15. The Balaban J connectivity index is 2.57. The summed E-state index contributed by atoms with van der Waals surface area (Å²) in [5.74, 6) is -0.991. The first-order chi connectivity index (χ1) is 10.8. The van der Waals surface area contributed by atoms with Crippen LogP contribution in [0.4, 0.5) is 5.69 Å². The van der Waals surface area contributed by atoms with Gasteiger partial charge in [-0.15, -0.1) is 0 Å². The molecule has 0 aliphatic rings. The third-order valence-corrected chi connectivity index (χ3v) is 5.41. The lowest BCUT2D eigenvalue weighted by Crippen LogP contribution is -2.32. The molecule has 0 bridgehead atoms. The Morgan fingerprint density at radius 3 is 2.61 bits per heavy atom. The molecule has 0 amide bonds. The summed E-state index contributed by atoms with van der Waals surface area (Å²) in [5.41, 5.74) is 6.61. The lowest BCUT2D eigenvalue weighted by molar-refractivity contribution is -0.138. The SMILES string of the molecule is NC(Cc1cccc(NS(=O)(=O)CCCCCCI)c1)C(=O)O. The molecule has 0 fully saturated rings. The number of hydrogen-bond acceptors (Lipinski definition) is 4. The van der Waals surface area contributed by atoms with E-state index < -0.39 is 22.0 Å². The van der Waals surface area contributed by atoms with E-state index in [4.69, 9.17) is 10.8 Å². The van der Waals surface area contributed by atoms with E-state index in [1.807, 2.05) is 0 Å². The minimum atomic E-state index is -3.38.